The second kappa shape index (κ2) is 3.61. The van der Waals surface area contributed by atoms with Crippen LogP contribution in [0.2, 0.25) is 0 Å². The van der Waals surface area contributed by atoms with Crippen molar-refractivity contribution in [3.8, 4) is 0 Å². The van der Waals surface area contributed by atoms with Crippen molar-refractivity contribution in [3.63, 3.8) is 0 Å². The first-order valence-electron chi connectivity index (χ1n) is 3.59. The number of hydrogen-bond acceptors (Lipinski definition) is 4. The van der Waals surface area contributed by atoms with Crippen molar-refractivity contribution in [2.45, 2.75) is 6.92 Å². The fraction of sp³-hybridized carbons (Fsp3) is 0.125. The van der Waals surface area contributed by atoms with Gasteiger partial charge in [0.05, 0.1) is 11.9 Å². The average molecular weight is 164 g/mol. The molecule has 4 heteroatoms. The lowest BCUT2D eigenvalue weighted by atomic mass is 10.4. The summed E-state index contributed by atoms with van der Waals surface area (Å²) in [5.41, 5.74) is 12.4. The van der Waals surface area contributed by atoms with Crippen LogP contribution in [0.5, 0.6) is 0 Å². The predicted octanol–water partition coefficient (Wildman–Crippen LogP) is 0.896. The molecular formula is C8H12N4. The van der Waals surface area contributed by atoms with Gasteiger partial charge in [-0.25, -0.2) is 4.98 Å². The number of rotatable bonds is 2. The van der Waals surface area contributed by atoms with Gasteiger partial charge in [0.2, 0.25) is 0 Å². The lowest BCUT2D eigenvalue weighted by Crippen LogP contribution is -1.97. The fourth-order valence-electron chi connectivity index (χ4n) is 0.688. The average Bonchev–Trinajstić information content (AvgIpc) is 2.03. The van der Waals surface area contributed by atoms with Crippen LogP contribution >= 0.6 is 0 Å². The highest BCUT2D eigenvalue weighted by molar-refractivity contribution is 5.47. The summed E-state index contributed by atoms with van der Waals surface area (Å²) in [7, 11) is 0. The Morgan fingerprint density at radius 2 is 2.33 bits per heavy atom. The third kappa shape index (κ3) is 2.49. The van der Waals surface area contributed by atoms with Crippen molar-refractivity contribution in [1.82, 2.24) is 4.98 Å². The van der Waals surface area contributed by atoms with E-state index in [9.17, 15) is 0 Å². The smallest absolute Gasteiger partial charge is 0.123 e. The molecule has 0 saturated carbocycles. The van der Waals surface area contributed by atoms with Gasteiger partial charge in [-0.1, -0.05) is 0 Å². The van der Waals surface area contributed by atoms with Gasteiger partial charge >= 0.3 is 0 Å². The maximum atomic E-state index is 5.42. The first-order valence-corrected chi connectivity index (χ1v) is 3.59. The molecule has 0 unspecified atom stereocenters. The Labute approximate surface area is 71.3 Å². The minimum Gasteiger partial charge on any atom is -0.401 e. The molecule has 0 spiro atoms. The summed E-state index contributed by atoms with van der Waals surface area (Å²) in [5, 5.41) is 2.97. The molecule has 0 aliphatic rings. The molecule has 5 N–H and O–H groups in total. The van der Waals surface area contributed by atoms with Gasteiger partial charge in [0.15, 0.2) is 0 Å². The number of nitrogens with zero attached hydrogens (tertiary/aromatic N) is 1. The summed E-state index contributed by atoms with van der Waals surface area (Å²) in [5.74, 6) is 0.508. The molecule has 4 nitrogen and oxygen atoms in total. The second-order valence-electron chi connectivity index (χ2n) is 2.50. The third-order valence-electron chi connectivity index (χ3n) is 1.25. The summed E-state index contributed by atoms with van der Waals surface area (Å²) < 4.78 is 0. The zero-order valence-corrected chi connectivity index (χ0v) is 6.91. The number of nitrogens with one attached hydrogen (secondary N) is 1. The predicted molar refractivity (Wildman–Crippen MR) is 50.2 cm³/mol. The van der Waals surface area contributed by atoms with Crippen LogP contribution < -0.4 is 16.8 Å². The van der Waals surface area contributed by atoms with Crippen molar-refractivity contribution < 1.29 is 0 Å². The first-order chi connectivity index (χ1) is 5.68. The molecule has 1 aromatic heterocycles. The maximum absolute atomic E-state index is 5.42. The third-order valence-corrected chi connectivity index (χ3v) is 1.25. The van der Waals surface area contributed by atoms with Crippen molar-refractivity contribution in [2.75, 3.05) is 11.1 Å². The number of hydrogen-bond donors (Lipinski definition) is 3. The molecule has 0 aromatic carbocycles. The molecule has 1 heterocycles. The van der Waals surface area contributed by atoms with Crippen LogP contribution in [0.3, 0.4) is 0 Å². The number of nitrogen functional groups attached to an aromatic ring is 1. The molecule has 0 atom stereocenters. The number of aromatic nitrogens is 1. The Hall–Kier alpha value is -1.71. The van der Waals surface area contributed by atoms with Gasteiger partial charge in [-0.15, -0.1) is 0 Å². The van der Waals surface area contributed by atoms with E-state index in [1.165, 1.54) is 0 Å². The Morgan fingerprint density at radius 3 is 2.83 bits per heavy atom. The minimum absolute atomic E-state index is 0.508. The molecule has 0 aliphatic heterocycles. The van der Waals surface area contributed by atoms with E-state index in [0.29, 0.717) is 11.5 Å². The van der Waals surface area contributed by atoms with E-state index in [2.05, 4.69) is 10.3 Å². The van der Waals surface area contributed by atoms with E-state index in [4.69, 9.17) is 11.5 Å². The number of pyridine rings is 1. The van der Waals surface area contributed by atoms with Gasteiger partial charge in [-0.05, 0) is 19.1 Å². The molecule has 1 aromatic rings. The van der Waals surface area contributed by atoms with Crippen LogP contribution in [-0.4, -0.2) is 4.98 Å². The van der Waals surface area contributed by atoms with Crippen LogP contribution in [0.25, 0.3) is 0 Å². The Balaban J connectivity index is 2.65. The summed E-state index contributed by atoms with van der Waals surface area (Å²) >= 11 is 0. The van der Waals surface area contributed by atoms with Gasteiger partial charge < -0.3 is 16.8 Å². The van der Waals surface area contributed by atoms with Gasteiger partial charge in [-0.3, -0.25) is 0 Å². The minimum atomic E-state index is 0.508. The van der Waals surface area contributed by atoms with Crippen LogP contribution in [0, 0.1) is 0 Å². The standard InChI is InChI=1S/C8H12N4/c1-6(9)4-11-7-2-3-8(10)12-5-7/h2-5,11H,9H2,1H3,(H2,10,12)/b6-4-. The van der Waals surface area contributed by atoms with Crippen LogP contribution in [0.15, 0.2) is 30.2 Å². The zero-order valence-electron chi connectivity index (χ0n) is 6.91. The fourth-order valence-corrected chi connectivity index (χ4v) is 0.688. The first kappa shape index (κ1) is 8.39. The van der Waals surface area contributed by atoms with Crippen molar-refractivity contribution in [2.24, 2.45) is 5.73 Å². The summed E-state index contributed by atoms with van der Waals surface area (Å²) in [4.78, 5) is 3.90. The van der Waals surface area contributed by atoms with Gasteiger partial charge in [0, 0.05) is 11.9 Å². The van der Waals surface area contributed by atoms with Gasteiger partial charge in [0.1, 0.15) is 5.82 Å². The number of allylic oxidation sites excluding steroid dienone is 1. The van der Waals surface area contributed by atoms with Crippen molar-refractivity contribution >= 4 is 11.5 Å². The highest BCUT2D eigenvalue weighted by Crippen LogP contribution is 2.06. The molecule has 12 heavy (non-hydrogen) atoms. The second-order valence-corrected chi connectivity index (χ2v) is 2.50. The molecule has 64 valence electrons. The number of nitrogens with two attached hydrogens (primary N) is 2. The van der Waals surface area contributed by atoms with Crippen LogP contribution in [0.1, 0.15) is 6.92 Å². The molecule has 0 fully saturated rings. The molecule has 0 amide bonds. The summed E-state index contributed by atoms with van der Waals surface area (Å²) in [6, 6.07) is 3.56. The SMILES string of the molecule is C/C(N)=C/Nc1ccc(N)nc1. The van der Waals surface area contributed by atoms with E-state index < -0.39 is 0 Å². The van der Waals surface area contributed by atoms with E-state index >= 15 is 0 Å². The monoisotopic (exact) mass is 164 g/mol. The molecule has 0 bridgehead atoms. The summed E-state index contributed by atoms with van der Waals surface area (Å²) in [6.07, 6.45) is 3.35. The van der Waals surface area contributed by atoms with E-state index in [1.54, 1.807) is 25.4 Å². The highest BCUT2D eigenvalue weighted by Gasteiger charge is 1.88. The quantitative estimate of drug-likeness (QED) is 0.606. The van der Waals surface area contributed by atoms with Crippen molar-refractivity contribution in [3.05, 3.63) is 30.2 Å². The molecule has 0 radical (unpaired) electrons. The van der Waals surface area contributed by atoms with Gasteiger partial charge in [-0.2, -0.15) is 0 Å². The van der Waals surface area contributed by atoms with Crippen molar-refractivity contribution in [1.29, 1.82) is 0 Å². The van der Waals surface area contributed by atoms with Gasteiger partial charge in [0.25, 0.3) is 0 Å². The van der Waals surface area contributed by atoms with Crippen LogP contribution in [0.4, 0.5) is 11.5 Å². The lowest BCUT2D eigenvalue weighted by molar-refractivity contribution is 1.28. The topological polar surface area (TPSA) is 77.0 Å². The molecule has 0 aliphatic carbocycles. The van der Waals surface area contributed by atoms with E-state index in [-0.39, 0.29) is 0 Å². The Bertz CT molecular complexity index is 272. The lowest BCUT2D eigenvalue weighted by Gasteiger charge is -2.00. The normalized spacial score (nSPS) is 11.2. The zero-order chi connectivity index (χ0) is 8.97. The Kier molecular flexibility index (Phi) is 2.53. The molecule has 1 rings (SSSR count). The Morgan fingerprint density at radius 1 is 1.58 bits per heavy atom. The molecule has 0 saturated heterocycles. The highest BCUT2D eigenvalue weighted by atomic mass is 14.9. The summed E-state index contributed by atoms with van der Waals surface area (Å²) in [6.45, 7) is 1.80. The van der Waals surface area contributed by atoms with Crippen LogP contribution in [-0.2, 0) is 0 Å². The number of anilines is 2. The largest absolute Gasteiger partial charge is 0.401 e. The molecular weight excluding hydrogens is 152 g/mol. The van der Waals surface area contributed by atoms with E-state index in [0.717, 1.165) is 5.69 Å². The maximum Gasteiger partial charge on any atom is 0.123 e. The van der Waals surface area contributed by atoms with E-state index in [1.807, 2.05) is 6.07 Å².